The molecule has 6 nitrogen and oxygen atoms in total. The van der Waals surface area contributed by atoms with Crippen LogP contribution in [0.4, 0.5) is 17.1 Å². The Balaban J connectivity index is 1.74. The van der Waals surface area contributed by atoms with Crippen LogP contribution in [0.15, 0.2) is 70.1 Å². The van der Waals surface area contributed by atoms with Crippen molar-refractivity contribution in [1.29, 1.82) is 0 Å². The average molecular weight is 437 g/mol. The second kappa shape index (κ2) is 8.10. The monoisotopic (exact) mass is 436 g/mol. The predicted octanol–water partition coefficient (Wildman–Crippen LogP) is 6.21. The van der Waals surface area contributed by atoms with Gasteiger partial charge < -0.3 is 14.0 Å². The Bertz CT molecular complexity index is 1440. The normalized spacial score (nSPS) is 14.8. The van der Waals surface area contributed by atoms with Crippen molar-refractivity contribution >= 4 is 17.1 Å². The van der Waals surface area contributed by atoms with Crippen LogP contribution < -0.4 is 10.5 Å². The van der Waals surface area contributed by atoms with Gasteiger partial charge in [0.2, 0.25) is 5.56 Å². The maximum atomic E-state index is 11.9. The summed E-state index contributed by atoms with van der Waals surface area (Å²) in [5.41, 5.74) is 7.67. The minimum absolute atomic E-state index is 0.0365. The van der Waals surface area contributed by atoms with Crippen LogP contribution in [0.2, 0.25) is 0 Å². The second-order valence-electron chi connectivity index (χ2n) is 8.45. The summed E-state index contributed by atoms with van der Waals surface area (Å²) in [5.74, 6) is 1.10. The van der Waals surface area contributed by atoms with Gasteiger partial charge in [-0.25, -0.2) is 4.85 Å². The number of aromatic nitrogens is 2. The third kappa shape index (κ3) is 3.52. The van der Waals surface area contributed by atoms with E-state index in [1.54, 1.807) is 17.7 Å². The molecule has 0 bridgehead atoms. The molecule has 164 valence electrons. The molecule has 5 rings (SSSR count). The highest BCUT2D eigenvalue weighted by Gasteiger charge is 2.32. The number of fused-ring (bicyclic) bond motifs is 3. The number of hydrogen-bond acceptors (Lipinski definition) is 4. The van der Waals surface area contributed by atoms with E-state index in [4.69, 9.17) is 11.1 Å². The number of benzene rings is 2. The van der Waals surface area contributed by atoms with Gasteiger partial charge in [0.25, 0.3) is 0 Å². The second-order valence-corrected chi connectivity index (χ2v) is 8.45. The highest BCUT2D eigenvalue weighted by atomic mass is 16.5. The van der Waals surface area contributed by atoms with Crippen molar-refractivity contribution < 1.29 is 4.52 Å². The lowest BCUT2D eigenvalue weighted by molar-refractivity contribution is 0.356. The summed E-state index contributed by atoms with van der Waals surface area (Å²) in [6.45, 7) is 12.2. The van der Waals surface area contributed by atoms with Crippen molar-refractivity contribution in [3.63, 3.8) is 0 Å². The Morgan fingerprint density at radius 3 is 2.58 bits per heavy atom. The van der Waals surface area contributed by atoms with E-state index >= 15 is 0 Å². The maximum absolute atomic E-state index is 11.9. The molecule has 33 heavy (non-hydrogen) atoms. The molecule has 1 aliphatic heterocycles. The van der Waals surface area contributed by atoms with Gasteiger partial charge in [-0.1, -0.05) is 36.3 Å². The highest BCUT2D eigenvalue weighted by molar-refractivity contribution is 5.89. The van der Waals surface area contributed by atoms with Crippen LogP contribution in [0.5, 0.6) is 0 Å². The minimum atomic E-state index is -0.0365. The molecule has 0 radical (unpaired) electrons. The molecule has 0 N–H and O–H groups in total. The topological polar surface area (TPSA) is 55.6 Å². The van der Waals surface area contributed by atoms with E-state index in [-0.39, 0.29) is 11.5 Å². The molecule has 0 amide bonds. The molecule has 4 aromatic rings. The van der Waals surface area contributed by atoms with Gasteiger partial charge in [-0.15, -0.1) is 0 Å². The van der Waals surface area contributed by atoms with Gasteiger partial charge in [0.15, 0.2) is 5.69 Å². The lowest BCUT2D eigenvalue weighted by Gasteiger charge is -2.28. The highest BCUT2D eigenvalue weighted by Crippen LogP contribution is 2.47. The summed E-state index contributed by atoms with van der Waals surface area (Å²) in [6, 6.07) is 17.6. The predicted molar refractivity (Wildman–Crippen MR) is 130 cm³/mol. The average Bonchev–Trinajstić information content (AvgIpc) is 3.15. The Hall–Kier alpha value is -4.11. The number of hydrogen-bond donors (Lipinski definition) is 0. The Morgan fingerprint density at radius 2 is 1.88 bits per heavy atom. The third-order valence-electron chi connectivity index (χ3n) is 6.42. The van der Waals surface area contributed by atoms with Crippen LogP contribution in [-0.2, 0) is 7.05 Å². The van der Waals surface area contributed by atoms with E-state index in [9.17, 15) is 4.79 Å². The van der Waals surface area contributed by atoms with Crippen molar-refractivity contribution in [2.45, 2.75) is 26.2 Å². The molecule has 0 fully saturated rings. The molecule has 0 aliphatic carbocycles. The number of nitrogens with zero attached hydrogens (tertiary/aromatic N) is 4. The van der Waals surface area contributed by atoms with Gasteiger partial charge in [0, 0.05) is 54.3 Å². The molecule has 0 saturated carbocycles. The van der Waals surface area contributed by atoms with E-state index in [2.05, 4.69) is 40.0 Å². The summed E-state index contributed by atoms with van der Waals surface area (Å²) < 4.78 is 7.43. The molecule has 1 atom stereocenters. The molecule has 0 saturated heterocycles. The lowest BCUT2D eigenvalue weighted by Crippen LogP contribution is -2.22. The smallest absolute Gasteiger partial charge is 0.250 e. The van der Waals surface area contributed by atoms with Gasteiger partial charge in [0.1, 0.15) is 5.76 Å². The van der Waals surface area contributed by atoms with Crippen LogP contribution in [0, 0.1) is 13.5 Å². The summed E-state index contributed by atoms with van der Waals surface area (Å²) in [7, 11) is 1.76. The Kier molecular flexibility index (Phi) is 5.10. The summed E-state index contributed by atoms with van der Waals surface area (Å²) in [5, 5.41) is 4.29. The molecule has 6 heteroatoms. The minimum Gasteiger partial charge on any atom is -0.360 e. The van der Waals surface area contributed by atoms with Crippen molar-refractivity contribution in [2.24, 2.45) is 7.05 Å². The molecule has 2 aromatic carbocycles. The van der Waals surface area contributed by atoms with Crippen molar-refractivity contribution in [3.8, 4) is 22.3 Å². The van der Waals surface area contributed by atoms with Crippen LogP contribution in [0.3, 0.4) is 0 Å². The number of pyridine rings is 1. The van der Waals surface area contributed by atoms with Crippen LogP contribution >= 0.6 is 0 Å². The first kappa shape index (κ1) is 20.8. The van der Waals surface area contributed by atoms with Crippen LogP contribution in [0.1, 0.15) is 30.7 Å². The molecular formula is C27H24N4O2. The van der Waals surface area contributed by atoms with Gasteiger partial charge in [-0.3, -0.25) is 4.79 Å². The fourth-order valence-corrected chi connectivity index (χ4v) is 4.57. The van der Waals surface area contributed by atoms with E-state index < -0.39 is 0 Å². The quantitative estimate of drug-likeness (QED) is 0.358. The molecule has 1 aliphatic rings. The molecule has 2 aromatic heterocycles. The van der Waals surface area contributed by atoms with Crippen molar-refractivity contribution in [3.05, 3.63) is 94.0 Å². The lowest BCUT2D eigenvalue weighted by atomic mass is 9.94. The first-order valence-electron chi connectivity index (χ1n) is 11.0. The van der Waals surface area contributed by atoms with E-state index in [1.165, 1.54) is 0 Å². The van der Waals surface area contributed by atoms with Crippen molar-refractivity contribution in [2.75, 3.05) is 11.4 Å². The Labute approximate surface area is 192 Å². The molecule has 1 unspecified atom stereocenters. The van der Waals surface area contributed by atoms with Gasteiger partial charge >= 0.3 is 0 Å². The summed E-state index contributed by atoms with van der Waals surface area (Å²) in [4.78, 5) is 17.7. The van der Waals surface area contributed by atoms with Crippen LogP contribution in [0.25, 0.3) is 27.1 Å². The van der Waals surface area contributed by atoms with Crippen molar-refractivity contribution in [1.82, 2.24) is 9.72 Å². The number of aryl methyl sites for hydroxylation is 2. The summed E-state index contributed by atoms with van der Waals surface area (Å²) >= 11 is 0. The first-order valence-corrected chi connectivity index (χ1v) is 11.0. The van der Waals surface area contributed by atoms with E-state index in [0.29, 0.717) is 5.69 Å². The maximum Gasteiger partial charge on any atom is 0.250 e. The largest absolute Gasteiger partial charge is 0.360 e. The third-order valence-corrected chi connectivity index (χ3v) is 6.42. The first-order chi connectivity index (χ1) is 16.0. The van der Waals surface area contributed by atoms with Gasteiger partial charge in [0.05, 0.1) is 12.3 Å². The fourth-order valence-electron chi connectivity index (χ4n) is 4.57. The zero-order chi connectivity index (χ0) is 23.1. The standard InChI is InChI=1S/C27H24N4O2/c1-5-18-16-31(22-10-8-21(28-3)9-11-22)24-14-19(20-7-13-25(32)30(4)15-20)6-12-23(24)26-17(2)29-33-27(18)26/h6-15,18H,5,16H2,1-2,4H3. The summed E-state index contributed by atoms with van der Waals surface area (Å²) in [6.07, 6.45) is 2.78. The molecular weight excluding hydrogens is 412 g/mol. The van der Waals surface area contributed by atoms with Gasteiger partial charge in [-0.05, 0) is 48.7 Å². The van der Waals surface area contributed by atoms with Crippen LogP contribution in [-0.4, -0.2) is 16.3 Å². The van der Waals surface area contributed by atoms with E-state index in [0.717, 1.165) is 58.0 Å². The Morgan fingerprint density at radius 1 is 1.12 bits per heavy atom. The zero-order valence-corrected chi connectivity index (χ0v) is 18.9. The zero-order valence-electron chi connectivity index (χ0n) is 18.9. The fraction of sp³-hybridized carbons (Fsp3) is 0.222. The number of anilines is 2. The molecule has 3 heterocycles. The molecule has 0 spiro atoms. The van der Waals surface area contributed by atoms with E-state index in [1.807, 2.05) is 43.5 Å². The number of rotatable bonds is 3. The SMILES string of the molecule is [C-]#[N+]c1ccc(N2CC(CC)c3onc(C)c3-c3ccc(-c4ccc(=O)n(C)c4)cc32)cc1. The van der Waals surface area contributed by atoms with Gasteiger partial charge in [-0.2, -0.15) is 0 Å².